The highest BCUT2D eigenvalue weighted by Gasteiger charge is 2.11. The first-order chi connectivity index (χ1) is 16.3. The van der Waals surface area contributed by atoms with E-state index in [0.717, 1.165) is 43.9 Å². The van der Waals surface area contributed by atoms with Gasteiger partial charge in [-0.15, -0.1) is 11.3 Å². The maximum absolute atomic E-state index is 12.5. The average molecular weight is 482 g/mol. The Kier molecular flexibility index (Phi) is 7.07. The molecule has 0 aliphatic carbocycles. The smallest absolute Gasteiger partial charge is 0.387 e. The molecule has 0 aliphatic rings. The molecule has 176 valence electrons. The number of rotatable bonds is 7. The number of fused-ring (bicyclic) bond motifs is 1. The van der Waals surface area contributed by atoms with Gasteiger partial charge in [-0.25, -0.2) is 4.68 Å². The Morgan fingerprint density at radius 3 is 2.29 bits per heavy atom. The lowest BCUT2D eigenvalue weighted by Gasteiger charge is -2.09. The highest BCUT2D eigenvalue weighted by molar-refractivity contribution is 7.07. The number of benzene rings is 3. The topological polar surface area (TPSA) is 48.1 Å². The lowest BCUT2D eigenvalue weighted by Crippen LogP contribution is -2.16. The van der Waals surface area contributed by atoms with E-state index >= 15 is 0 Å². The van der Waals surface area contributed by atoms with Crippen molar-refractivity contribution in [1.29, 1.82) is 0 Å². The summed E-state index contributed by atoms with van der Waals surface area (Å²) in [5.74, 6) is 0.925. The van der Waals surface area contributed by atoms with Crippen LogP contribution < -0.4 is 14.3 Å². The van der Waals surface area contributed by atoms with Crippen LogP contribution in [0.2, 0.25) is 0 Å². The van der Waals surface area contributed by atoms with Crippen LogP contribution >= 0.6 is 11.3 Å². The Balaban J connectivity index is 1.76. The molecule has 0 aliphatic heterocycles. The van der Waals surface area contributed by atoms with Crippen molar-refractivity contribution in [2.24, 2.45) is 10.1 Å². The molecule has 0 bridgehead atoms. The zero-order valence-corrected chi connectivity index (χ0v) is 20.1. The molecule has 1 aromatic heterocycles. The van der Waals surface area contributed by atoms with E-state index in [9.17, 15) is 8.78 Å². The van der Waals surface area contributed by atoms with Gasteiger partial charge < -0.3 is 9.47 Å². The Bertz CT molecular complexity index is 1390. The Labute approximate surface area is 200 Å². The van der Waals surface area contributed by atoms with Crippen molar-refractivity contribution in [2.45, 2.75) is 33.4 Å². The zero-order valence-electron chi connectivity index (χ0n) is 19.3. The normalized spacial score (nSPS) is 12.7. The van der Waals surface area contributed by atoms with Crippen molar-refractivity contribution < 1.29 is 18.3 Å². The molecule has 4 aromatic rings. The number of methoxy groups -OCH3 is 1. The van der Waals surface area contributed by atoms with Crippen LogP contribution in [0.4, 0.5) is 8.78 Å². The van der Waals surface area contributed by atoms with E-state index < -0.39 is 6.61 Å². The molecule has 0 spiro atoms. The zero-order chi connectivity index (χ0) is 24.2. The summed E-state index contributed by atoms with van der Waals surface area (Å²) in [5.41, 5.74) is 3.45. The van der Waals surface area contributed by atoms with Crippen LogP contribution in [0, 0.1) is 0 Å². The van der Waals surface area contributed by atoms with Gasteiger partial charge in [-0.1, -0.05) is 18.2 Å². The number of ether oxygens (including phenoxy) is 2. The van der Waals surface area contributed by atoms with Crippen LogP contribution in [0.1, 0.15) is 26.3 Å². The second-order valence-electron chi connectivity index (χ2n) is 7.95. The van der Waals surface area contributed by atoms with E-state index in [1.807, 2.05) is 56.5 Å². The molecule has 0 amide bonds. The molecule has 5 nitrogen and oxygen atoms in total. The molecule has 0 unspecified atom stereocenters. The molecular weight excluding hydrogens is 456 g/mol. The molecule has 0 N–H and O–H groups in total. The first kappa shape index (κ1) is 23.6. The lowest BCUT2D eigenvalue weighted by molar-refractivity contribution is -0.0498. The predicted molar refractivity (Wildman–Crippen MR) is 133 cm³/mol. The fourth-order valence-electron chi connectivity index (χ4n) is 3.50. The van der Waals surface area contributed by atoms with Gasteiger partial charge in [0.15, 0.2) is 0 Å². The summed E-state index contributed by atoms with van der Waals surface area (Å²) in [7, 11) is 1.65. The third kappa shape index (κ3) is 5.34. The predicted octanol–water partition coefficient (Wildman–Crippen LogP) is 6.56. The van der Waals surface area contributed by atoms with E-state index in [0.29, 0.717) is 0 Å². The van der Waals surface area contributed by atoms with Crippen LogP contribution in [0.15, 0.2) is 76.1 Å². The summed E-state index contributed by atoms with van der Waals surface area (Å²) >= 11 is 1.48. The van der Waals surface area contributed by atoms with Crippen molar-refractivity contribution >= 4 is 27.8 Å². The lowest BCUT2D eigenvalue weighted by atomic mass is 10.0. The van der Waals surface area contributed by atoms with E-state index in [1.165, 1.54) is 23.5 Å². The standard InChI is InChI=1S/C26H25F2N3O2S/c1-16(2)29-26-31(24(15-34-26)18-7-10-22(11-8-18)33-25(27)28)30-17(3)19-5-6-21-14-23(32-4)12-9-20(21)13-19/h5-16,25H,1-4H3/b29-26?,30-17+. The largest absolute Gasteiger partial charge is 0.497 e. The van der Waals surface area contributed by atoms with Gasteiger partial charge >= 0.3 is 6.61 Å². The molecule has 0 atom stereocenters. The van der Waals surface area contributed by atoms with E-state index in [-0.39, 0.29) is 11.8 Å². The number of halogens is 2. The van der Waals surface area contributed by atoms with Crippen LogP contribution in [0.3, 0.4) is 0 Å². The molecule has 0 saturated heterocycles. The Morgan fingerprint density at radius 2 is 1.62 bits per heavy atom. The second-order valence-corrected chi connectivity index (χ2v) is 8.79. The quantitative estimate of drug-likeness (QED) is 0.281. The first-order valence-electron chi connectivity index (χ1n) is 10.8. The molecule has 0 radical (unpaired) electrons. The summed E-state index contributed by atoms with van der Waals surface area (Å²) in [5, 5.41) is 9.04. The minimum Gasteiger partial charge on any atom is -0.497 e. The monoisotopic (exact) mass is 481 g/mol. The fourth-order valence-corrected chi connectivity index (χ4v) is 4.46. The minimum absolute atomic E-state index is 0.0886. The molecule has 0 fully saturated rings. The molecule has 1 heterocycles. The van der Waals surface area contributed by atoms with Gasteiger partial charge in [0.2, 0.25) is 4.80 Å². The fraction of sp³-hybridized carbons (Fsp3) is 0.231. The number of hydrogen-bond acceptors (Lipinski definition) is 5. The summed E-state index contributed by atoms with van der Waals surface area (Å²) in [6, 6.07) is 18.7. The van der Waals surface area contributed by atoms with Crippen LogP contribution in [-0.4, -0.2) is 30.2 Å². The number of alkyl halides is 2. The third-order valence-corrected chi connectivity index (χ3v) is 5.97. The summed E-state index contributed by atoms with van der Waals surface area (Å²) < 4.78 is 36.6. The maximum Gasteiger partial charge on any atom is 0.387 e. The van der Waals surface area contributed by atoms with Gasteiger partial charge in [-0.05, 0) is 79.6 Å². The van der Waals surface area contributed by atoms with Gasteiger partial charge in [0, 0.05) is 17.0 Å². The summed E-state index contributed by atoms with van der Waals surface area (Å²) in [6.07, 6.45) is 0. The van der Waals surface area contributed by atoms with E-state index in [2.05, 4.69) is 10.8 Å². The highest BCUT2D eigenvalue weighted by Crippen LogP contribution is 2.25. The van der Waals surface area contributed by atoms with Crippen LogP contribution in [0.5, 0.6) is 11.5 Å². The Hall–Kier alpha value is -3.52. The van der Waals surface area contributed by atoms with E-state index in [4.69, 9.17) is 14.8 Å². The highest BCUT2D eigenvalue weighted by atomic mass is 32.1. The van der Waals surface area contributed by atoms with Crippen LogP contribution in [-0.2, 0) is 0 Å². The SMILES string of the molecule is COc1ccc2cc(/C(C)=N/n3c(-c4ccc(OC(F)F)cc4)csc3=NC(C)C)ccc2c1. The van der Waals surface area contributed by atoms with Crippen molar-refractivity contribution in [2.75, 3.05) is 7.11 Å². The number of nitrogens with zero attached hydrogens (tertiary/aromatic N) is 3. The second kappa shape index (κ2) is 10.2. The number of aromatic nitrogens is 1. The van der Waals surface area contributed by atoms with Crippen LogP contribution in [0.25, 0.3) is 22.0 Å². The molecule has 34 heavy (non-hydrogen) atoms. The van der Waals surface area contributed by atoms with Gasteiger partial charge in [0.25, 0.3) is 0 Å². The number of thiazole rings is 1. The van der Waals surface area contributed by atoms with Crippen molar-refractivity contribution in [3.05, 3.63) is 76.4 Å². The van der Waals surface area contributed by atoms with Crippen molar-refractivity contribution in [3.63, 3.8) is 0 Å². The average Bonchev–Trinajstić information content (AvgIpc) is 3.19. The summed E-state index contributed by atoms with van der Waals surface area (Å²) in [6.45, 7) is 3.12. The molecule has 0 saturated carbocycles. The minimum atomic E-state index is -2.86. The van der Waals surface area contributed by atoms with Gasteiger partial charge in [-0.2, -0.15) is 13.9 Å². The molecule has 4 rings (SSSR count). The van der Waals surface area contributed by atoms with E-state index in [1.54, 1.807) is 23.9 Å². The van der Waals surface area contributed by atoms with Crippen molar-refractivity contribution in [1.82, 2.24) is 4.68 Å². The Morgan fingerprint density at radius 1 is 0.941 bits per heavy atom. The molecular formula is C26H25F2N3O2S. The summed E-state index contributed by atoms with van der Waals surface area (Å²) in [4.78, 5) is 5.47. The molecule has 3 aromatic carbocycles. The maximum atomic E-state index is 12.5. The molecule has 8 heteroatoms. The van der Waals surface area contributed by atoms with Gasteiger partial charge in [-0.3, -0.25) is 4.99 Å². The number of hydrogen-bond donors (Lipinski definition) is 0. The first-order valence-corrected chi connectivity index (χ1v) is 11.7. The van der Waals surface area contributed by atoms with Gasteiger partial charge in [0.1, 0.15) is 11.5 Å². The van der Waals surface area contributed by atoms with Gasteiger partial charge in [0.05, 0.1) is 18.5 Å². The van der Waals surface area contributed by atoms with Crippen molar-refractivity contribution in [3.8, 4) is 22.8 Å². The third-order valence-electron chi connectivity index (χ3n) is 5.14.